The summed E-state index contributed by atoms with van der Waals surface area (Å²) in [6, 6.07) is 12.8. The number of furan rings is 1. The first-order valence-electron chi connectivity index (χ1n) is 8.26. The van der Waals surface area contributed by atoms with Crippen molar-refractivity contribution in [2.24, 2.45) is 0 Å². The molecule has 0 bridgehead atoms. The molecule has 1 fully saturated rings. The van der Waals surface area contributed by atoms with Crippen LogP contribution in [0.25, 0.3) is 5.57 Å². The highest BCUT2D eigenvalue weighted by Crippen LogP contribution is 2.32. The van der Waals surface area contributed by atoms with Crippen LogP contribution in [0, 0.1) is 0 Å². The van der Waals surface area contributed by atoms with Crippen LogP contribution < -0.4 is 0 Å². The normalized spacial score (nSPS) is 18.4. The molecular formula is C19H18N2O4. The molecule has 4 rings (SSSR count). The van der Waals surface area contributed by atoms with Gasteiger partial charge < -0.3 is 14.1 Å². The van der Waals surface area contributed by atoms with Gasteiger partial charge >= 0.3 is 0 Å². The molecule has 25 heavy (non-hydrogen) atoms. The molecule has 0 saturated carbocycles. The highest BCUT2D eigenvalue weighted by atomic mass is 16.5. The molecule has 1 saturated heterocycles. The van der Waals surface area contributed by atoms with Gasteiger partial charge in [-0.3, -0.25) is 14.5 Å². The third-order valence-corrected chi connectivity index (χ3v) is 4.43. The number of nitrogens with zero attached hydrogens (tertiary/aromatic N) is 2. The van der Waals surface area contributed by atoms with E-state index in [4.69, 9.17) is 9.15 Å². The molecule has 6 heteroatoms. The lowest BCUT2D eigenvalue weighted by Crippen LogP contribution is -2.40. The van der Waals surface area contributed by atoms with Crippen molar-refractivity contribution in [1.82, 2.24) is 9.80 Å². The molecule has 2 aliphatic rings. The predicted molar refractivity (Wildman–Crippen MR) is 90.0 cm³/mol. The Balaban J connectivity index is 1.74. The summed E-state index contributed by atoms with van der Waals surface area (Å²) in [4.78, 5) is 29.3. The summed E-state index contributed by atoms with van der Waals surface area (Å²) in [5.41, 5.74) is 1.68. The quantitative estimate of drug-likeness (QED) is 0.797. The molecule has 0 aliphatic carbocycles. The first kappa shape index (κ1) is 15.7. The zero-order chi connectivity index (χ0) is 17.2. The minimum atomic E-state index is -0.283. The van der Waals surface area contributed by atoms with Gasteiger partial charge in [0, 0.05) is 13.1 Å². The molecule has 2 amide bonds. The Morgan fingerprint density at radius 2 is 1.68 bits per heavy atom. The summed E-state index contributed by atoms with van der Waals surface area (Å²) in [6.07, 6.45) is 1.54. The van der Waals surface area contributed by atoms with E-state index in [1.54, 1.807) is 12.1 Å². The molecular weight excluding hydrogens is 320 g/mol. The van der Waals surface area contributed by atoms with Crippen LogP contribution in [0.15, 0.2) is 58.8 Å². The second-order valence-corrected chi connectivity index (χ2v) is 5.96. The molecule has 0 atom stereocenters. The van der Waals surface area contributed by atoms with Crippen molar-refractivity contribution < 1.29 is 18.7 Å². The van der Waals surface area contributed by atoms with E-state index in [1.807, 2.05) is 35.2 Å². The first-order chi connectivity index (χ1) is 12.3. The zero-order valence-electron chi connectivity index (χ0n) is 13.7. The van der Waals surface area contributed by atoms with Crippen molar-refractivity contribution in [2.75, 3.05) is 26.3 Å². The standard InChI is InChI=1S/C19H18N2O4/c22-18-16(14-5-2-1-3-6-14)17(20-8-11-24-12-9-20)19(23)21(18)13-15-7-4-10-25-15/h1-7,10H,8-9,11-13H2. The second-order valence-electron chi connectivity index (χ2n) is 5.96. The van der Waals surface area contributed by atoms with Gasteiger partial charge in [0.15, 0.2) is 0 Å². The summed E-state index contributed by atoms with van der Waals surface area (Å²) in [6.45, 7) is 2.42. The van der Waals surface area contributed by atoms with Gasteiger partial charge in [-0.05, 0) is 17.7 Å². The van der Waals surface area contributed by atoms with Gasteiger partial charge in [-0.1, -0.05) is 30.3 Å². The third kappa shape index (κ3) is 2.85. The molecule has 0 radical (unpaired) electrons. The Morgan fingerprint density at radius 3 is 2.36 bits per heavy atom. The highest BCUT2D eigenvalue weighted by molar-refractivity contribution is 6.35. The first-order valence-corrected chi connectivity index (χ1v) is 8.26. The van der Waals surface area contributed by atoms with E-state index in [-0.39, 0.29) is 18.4 Å². The van der Waals surface area contributed by atoms with Crippen molar-refractivity contribution >= 4 is 17.4 Å². The van der Waals surface area contributed by atoms with Crippen LogP contribution in [0.1, 0.15) is 11.3 Å². The SMILES string of the molecule is O=C1C(c2ccccc2)=C(N2CCOCC2)C(=O)N1Cc1ccco1. The van der Waals surface area contributed by atoms with E-state index >= 15 is 0 Å². The van der Waals surface area contributed by atoms with Crippen LogP contribution in [0.3, 0.4) is 0 Å². The summed E-state index contributed by atoms with van der Waals surface area (Å²) in [5, 5.41) is 0. The van der Waals surface area contributed by atoms with Crippen LogP contribution >= 0.6 is 0 Å². The Morgan fingerprint density at radius 1 is 0.920 bits per heavy atom. The second kappa shape index (κ2) is 6.57. The van der Waals surface area contributed by atoms with Gasteiger partial charge in [0.05, 0.1) is 31.6 Å². The smallest absolute Gasteiger partial charge is 0.278 e. The number of hydrogen-bond donors (Lipinski definition) is 0. The van der Waals surface area contributed by atoms with Gasteiger partial charge in [0.25, 0.3) is 11.8 Å². The van der Waals surface area contributed by atoms with E-state index < -0.39 is 0 Å². The maximum atomic E-state index is 13.0. The van der Waals surface area contributed by atoms with E-state index in [9.17, 15) is 9.59 Å². The lowest BCUT2D eigenvalue weighted by molar-refractivity contribution is -0.138. The molecule has 0 spiro atoms. The van der Waals surface area contributed by atoms with E-state index in [0.29, 0.717) is 43.3 Å². The number of rotatable bonds is 4. The summed E-state index contributed by atoms with van der Waals surface area (Å²) < 4.78 is 10.7. The van der Waals surface area contributed by atoms with E-state index in [0.717, 1.165) is 5.56 Å². The summed E-state index contributed by atoms with van der Waals surface area (Å²) in [7, 11) is 0. The molecule has 2 aromatic rings. The third-order valence-electron chi connectivity index (χ3n) is 4.43. The topological polar surface area (TPSA) is 63.0 Å². The minimum Gasteiger partial charge on any atom is -0.467 e. The largest absolute Gasteiger partial charge is 0.467 e. The van der Waals surface area contributed by atoms with E-state index in [1.165, 1.54) is 11.2 Å². The fourth-order valence-electron chi connectivity index (χ4n) is 3.21. The number of carbonyl (C=O) groups excluding carboxylic acids is 2. The van der Waals surface area contributed by atoms with Gasteiger partial charge in [0.1, 0.15) is 11.5 Å². The Bertz CT molecular complexity index is 805. The molecule has 6 nitrogen and oxygen atoms in total. The van der Waals surface area contributed by atoms with Crippen LogP contribution in [-0.2, 0) is 20.9 Å². The molecule has 1 aromatic carbocycles. The lowest BCUT2D eigenvalue weighted by atomic mass is 10.0. The number of hydrogen-bond acceptors (Lipinski definition) is 5. The molecule has 128 valence electrons. The van der Waals surface area contributed by atoms with Crippen molar-refractivity contribution in [3.63, 3.8) is 0 Å². The lowest BCUT2D eigenvalue weighted by Gasteiger charge is -2.29. The molecule has 2 aliphatic heterocycles. The van der Waals surface area contributed by atoms with Crippen LogP contribution in [-0.4, -0.2) is 47.9 Å². The van der Waals surface area contributed by atoms with Gasteiger partial charge in [0.2, 0.25) is 0 Å². The zero-order valence-corrected chi connectivity index (χ0v) is 13.7. The monoisotopic (exact) mass is 338 g/mol. The fourth-order valence-corrected chi connectivity index (χ4v) is 3.21. The summed E-state index contributed by atoms with van der Waals surface area (Å²) >= 11 is 0. The predicted octanol–water partition coefficient (Wildman–Crippen LogP) is 1.89. The van der Waals surface area contributed by atoms with Gasteiger partial charge in [-0.25, -0.2) is 0 Å². The van der Waals surface area contributed by atoms with E-state index in [2.05, 4.69) is 0 Å². The average molecular weight is 338 g/mol. The molecule has 0 N–H and O–H groups in total. The number of ether oxygens (including phenoxy) is 1. The Hall–Kier alpha value is -2.86. The number of imide groups is 1. The van der Waals surface area contributed by atoms with Crippen LogP contribution in [0.5, 0.6) is 0 Å². The van der Waals surface area contributed by atoms with Gasteiger partial charge in [-0.15, -0.1) is 0 Å². The van der Waals surface area contributed by atoms with Gasteiger partial charge in [-0.2, -0.15) is 0 Å². The maximum absolute atomic E-state index is 13.0. The number of carbonyl (C=O) groups is 2. The maximum Gasteiger partial charge on any atom is 0.278 e. The average Bonchev–Trinajstić information content (AvgIpc) is 3.25. The number of amides is 2. The Labute approximate surface area is 145 Å². The summed E-state index contributed by atoms with van der Waals surface area (Å²) in [5.74, 6) is 0.0218. The Kier molecular flexibility index (Phi) is 4.11. The minimum absolute atomic E-state index is 0.134. The fraction of sp³-hybridized carbons (Fsp3) is 0.263. The molecule has 3 heterocycles. The van der Waals surface area contributed by atoms with Crippen LogP contribution in [0.2, 0.25) is 0 Å². The number of benzene rings is 1. The molecule has 0 unspecified atom stereocenters. The molecule has 1 aromatic heterocycles. The van der Waals surface area contributed by atoms with Crippen LogP contribution in [0.4, 0.5) is 0 Å². The highest BCUT2D eigenvalue weighted by Gasteiger charge is 2.42. The van der Waals surface area contributed by atoms with Crippen molar-refractivity contribution in [3.05, 3.63) is 65.7 Å². The van der Waals surface area contributed by atoms with Crippen molar-refractivity contribution in [2.45, 2.75) is 6.54 Å². The number of morpholine rings is 1. The van der Waals surface area contributed by atoms with Crippen molar-refractivity contribution in [1.29, 1.82) is 0 Å². The van der Waals surface area contributed by atoms with Crippen molar-refractivity contribution in [3.8, 4) is 0 Å².